The molecule has 0 spiro atoms. The lowest BCUT2D eigenvalue weighted by molar-refractivity contribution is 0.0696. The Morgan fingerprint density at radius 3 is 2.27 bits per heavy atom. The third kappa shape index (κ3) is 4.46. The van der Waals surface area contributed by atoms with Crippen molar-refractivity contribution in [1.29, 1.82) is 0 Å². The molecule has 2 aromatic carbocycles. The van der Waals surface area contributed by atoms with Crippen molar-refractivity contribution in [3.05, 3.63) is 58.7 Å². The Kier molecular flexibility index (Phi) is 6.08. The first-order valence-electron chi connectivity index (χ1n) is 7.72. The van der Waals surface area contributed by atoms with Gasteiger partial charge in [0.15, 0.2) is 5.78 Å². The first-order valence-corrected chi connectivity index (χ1v) is 7.72. The van der Waals surface area contributed by atoms with E-state index >= 15 is 0 Å². The maximum Gasteiger partial charge on any atom is 0.335 e. The van der Waals surface area contributed by atoms with Crippen molar-refractivity contribution in [3.63, 3.8) is 0 Å². The summed E-state index contributed by atoms with van der Waals surface area (Å²) >= 11 is 0. The van der Waals surface area contributed by atoms with Gasteiger partial charge in [-0.05, 0) is 48.9 Å². The molecule has 0 radical (unpaired) electrons. The number of carboxylic acids is 1. The van der Waals surface area contributed by atoms with Crippen molar-refractivity contribution in [2.24, 2.45) is 0 Å². The maximum atomic E-state index is 12.6. The smallest absolute Gasteiger partial charge is 0.335 e. The Balaban J connectivity index is 2.39. The van der Waals surface area contributed by atoms with E-state index in [1.165, 1.54) is 39.3 Å². The fourth-order valence-corrected chi connectivity index (χ4v) is 2.42. The van der Waals surface area contributed by atoms with Gasteiger partial charge in [-0.2, -0.15) is 0 Å². The maximum absolute atomic E-state index is 12.6. The van der Waals surface area contributed by atoms with E-state index in [1.807, 2.05) is 0 Å². The normalized spacial score (nSPS) is 10.3. The number of ketones is 1. The molecule has 7 nitrogen and oxygen atoms in total. The number of benzene rings is 2. The summed E-state index contributed by atoms with van der Waals surface area (Å²) in [7, 11) is 2.92. The average Bonchev–Trinajstić information content (AvgIpc) is 2.61. The minimum absolute atomic E-state index is 0.0193. The second kappa shape index (κ2) is 8.26. The topological polar surface area (TPSA) is 102 Å². The van der Waals surface area contributed by atoms with Crippen molar-refractivity contribution in [1.82, 2.24) is 0 Å². The Labute approximate surface area is 150 Å². The zero-order valence-electron chi connectivity index (χ0n) is 14.7. The minimum Gasteiger partial charge on any atom is -0.495 e. The number of nitrogens with one attached hydrogen (secondary N) is 1. The summed E-state index contributed by atoms with van der Waals surface area (Å²) < 4.78 is 10.2. The highest BCUT2D eigenvalue weighted by Crippen LogP contribution is 2.26. The highest BCUT2D eigenvalue weighted by atomic mass is 16.5. The van der Waals surface area contributed by atoms with Crippen LogP contribution >= 0.6 is 0 Å². The van der Waals surface area contributed by atoms with Crippen LogP contribution in [0.4, 0.5) is 5.69 Å². The highest BCUT2D eigenvalue weighted by Gasteiger charge is 2.15. The van der Waals surface area contributed by atoms with Crippen molar-refractivity contribution in [3.8, 4) is 5.75 Å². The quantitative estimate of drug-likeness (QED) is 0.739. The van der Waals surface area contributed by atoms with Crippen LogP contribution in [0.15, 0.2) is 36.4 Å². The van der Waals surface area contributed by atoms with E-state index in [1.54, 1.807) is 18.2 Å². The van der Waals surface area contributed by atoms with E-state index in [9.17, 15) is 19.5 Å². The van der Waals surface area contributed by atoms with Gasteiger partial charge in [0.1, 0.15) is 5.75 Å². The van der Waals surface area contributed by atoms with Gasteiger partial charge < -0.3 is 19.9 Å². The van der Waals surface area contributed by atoms with Crippen LogP contribution in [-0.4, -0.2) is 37.0 Å². The number of hydrogen-bond acceptors (Lipinski definition) is 5. The Bertz CT molecular complexity index is 859. The van der Waals surface area contributed by atoms with Crippen molar-refractivity contribution in [2.45, 2.75) is 13.5 Å². The molecule has 0 saturated carbocycles. The molecule has 0 aliphatic carbocycles. The zero-order valence-corrected chi connectivity index (χ0v) is 14.7. The van der Waals surface area contributed by atoms with Crippen molar-refractivity contribution in [2.75, 3.05) is 19.5 Å². The number of anilines is 1. The van der Waals surface area contributed by atoms with E-state index in [4.69, 9.17) is 9.47 Å². The number of ether oxygens (including phenoxy) is 2. The van der Waals surface area contributed by atoms with Crippen LogP contribution in [-0.2, 0) is 11.3 Å². The van der Waals surface area contributed by atoms with Gasteiger partial charge in [-0.15, -0.1) is 0 Å². The molecule has 0 aliphatic rings. The number of carbonyl (C=O) groups is 3. The Morgan fingerprint density at radius 2 is 1.69 bits per heavy atom. The lowest BCUT2D eigenvalue weighted by Crippen LogP contribution is -2.15. The number of methoxy groups -OCH3 is 2. The van der Waals surface area contributed by atoms with Crippen LogP contribution in [0, 0.1) is 0 Å². The lowest BCUT2D eigenvalue weighted by Gasteiger charge is -2.12. The molecular weight excluding hydrogens is 338 g/mol. The fourth-order valence-electron chi connectivity index (χ4n) is 2.42. The molecule has 7 heteroatoms. The zero-order chi connectivity index (χ0) is 19.3. The number of Topliss-reactive ketones (excluding diaryl/α,β-unsaturated/α-hetero) is 1. The Hall–Kier alpha value is -3.19. The summed E-state index contributed by atoms with van der Waals surface area (Å²) in [6.07, 6.45) is 0. The van der Waals surface area contributed by atoms with Gasteiger partial charge in [0.25, 0.3) is 5.91 Å². The predicted octanol–water partition coefficient (Wildman–Crippen LogP) is 2.99. The summed E-state index contributed by atoms with van der Waals surface area (Å²) in [5.41, 5.74) is 1.43. The van der Waals surface area contributed by atoms with Gasteiger partial charge in [0.05, 0.1) is 25.0 Å². The summed E-state index contributed by atoms with van der Waals surface area (Å²) in [6, 6.07) is 8.95. The van der Waals surface area contributed by atoms with Crippen LogP contribution in [0.3, 0.4) is 0 Å². The van der Waals surface area contributed by atoms with Gasteiger partial charge in [-0.1, -0.05) is 0 Å². The van der Waals surface area contributed by atoms with Crippen molar-refractivity contribution < 1.29 is 29.0 Å². The van der Waals surface area contributed by atoms with E-state index in [0.29, 0.717) is 22.6 Å². The monoisotopic (exact) mass is 357 g/mol. The standard InChI is InChI=1S/C19H19NO6/c1-11(21)13-4-5-17(26-3)16(9-13)20-18(22)14-6-12(10-25-2)7-15(8-14)19(23)24/h4-9H,10H2,1-3H3,(H,20,22)(H,23,24). The largest absolute Gasteiger partial charge is 0.495 e. The molecule has 2 N–H and O–H groups in total. The molecule has 1 amide bonds. The third-order valence-electron chi connectivity index (χ3n) is 3.67. The summed E-state index contributed by atoms with van der Waals surface area (Å²) in [4.78, 5) is 35.4. The molecule has 136 valence electrons. The van der Waals surface area contributed by atoms with Gasteiger partial charge in [0, 0.05) is 18.2 Å². The number of amides is 1. The van der Waals surface area contributed by atoms with Crippen molar-refractivity contribution >= 4 is 23.3 Å². The predicted molar refractivity (Wildman–Crippen MR) is 95.1 cm³/mol. The van der Waals surface area contributed by atoms with E-state index < -0.39 is 11.9 Å². The number of carboxylic acid groups (broad SMARTS) is 1. The highest BCUT2D eigenvalue weighted by molar-refractivity contribution is 6.07. The fraction of sp³-hybridized carbons (Fsp3) is 0.211. The summed E-state index contributed by atoms with van der Waals surface area (Å²) in [5.74, 6) is -1.44. The molecule has 0 bridgehead atoms. The van der Waals surface area contributed by atoms with Gasteiger partial charge >= 0.3 is 5.97 Å². The first kappa shape index (κ1) is 19.1. The second-order valence-electron chi connectivity index (χ2n) is 5.58. The lowest BCUT2D eigenvalue weighted by atomic mass is 10.0. The molecule has 26 heavy (non-hydrogen) atoms. The molecule has 0 unspecified atom stereocenters. The van der Waals surface area contributed by atoms with E-state index in [0.717, 1.165) is 0 Å². The molecule has 0 atom stereocenters. The molecule has 2 aromatic rings. The van der Waals surface area contributed by atoms with Crippen LogP contribution < -0.4 is 10.1 Å². The second-order valence-corrected chi connectivity index (χ2v) is 5.58. The molecule has 0 heterocycles. The number of hydrogen-bond donors (Lipinski definition) is 2. The molecule has 0 fully saturated rings. The van der Waals surface area contributed by atoms with Gasteiger partial charge in [-0.25, -0.2) is 4.79 Å². The first-order chi connectivity index (χ1) is 12.3. The third-order valence-corrected chi connectivity index (χ3v) is 3.67. The summed E-state index contributed by atoms with van der Waals surface area (Å²) in [6.45, 7) is 1.59. The van der Waals surface area contributed by atoms with Crippen LogP contribution in [0.2, 0.25) is 0 Å². The summed E-state index contributed by atoms with van der Waals surface area (Å²) in [5, 5.41) is 11.9. The SMILES string of the molecule is COCc1cc(C(=O)O)cc(C(=O)Nc2cc(C(C)=O)ccc2OC)c1. The number of rotatable bonds is 7. The molecule has 2 rings (SSSR count). The average molecular weight is 357 g/mol. The number of carbonyl (C=O) groups excluding carboxylic acids is 2. The molecular formula is C19H19NO6. The van der Waals surface area contributed by atoms with E-state index in [2.05, 4.69) is 5.32 Å². The van der Waals surface area contributed by atoms with E-state index in [-0.39, 0.29) is 23.5 Å². The Morgan fingerprint density at radius 1 is 1.00 bits per heavy atom. The molecule has 0 aromatic heterocycles. The van der Waals surface area contributed by atoms with Crippen LogP contribution in [0.1, 0.15) is 43.6 Å². The van der Waals surface area contributed by atoms with Crippen LogP contribution in [0.25, 0.3) is 0 Å². The molecule has 0 aliphatic heterocycles. The van der Waals surface area contributed by atoms with Gasteiger partial charge in [-0.3, -0.25) is 9.59 Å². The van der Waals surface area contributed by atoms with Crippen LogP contribution in [0.5, 0.6) is 5.75 Å². The molecule has 0 saturated heterocycles. The van der Waals surface area contributed by atoms with Gasteiger partial charge in [0.2, 0.25) is 0 Å². The minimum atomic E-state index is -1.15. The number of aromatic carboxylic acids is 1.